The van der Waals surface area contributed by atoms with Gasteiger partial charge in [-0.1, -0.05) is 29.8 Å². The van der Waals surface area contributed by atoms with Crippen LogP contribution in [0.4, 0.5) is 34.3 Å². The minimum atomic E-state index is -3.15. The molecule has 0 radical (unpaired) electrons. The molecule has 3 aromatic rings. The third-order valence-electron chi connectivity index (χ3n) is 9.04. The van der Waals surface area contributed by atoms with Crippen molar-refractivity contribution in [1.82, 2.24) is 19.8 Å². The SMILES string of the molecule is CC(C)(C)OC(=O)N1CC(F)(F)CC1COc1nc2c(c(N3CCN(C(=O)O)C(CC#N)C3)n1)CCN(c1cccc3ccc(F)c(Cl)c13)C2. The van der Waals surface area contributed by atoms with Crippen LogP contribution < -0.4 is 14.5 Å². The van der Waals surface area contributed by atoms with Crippen LogP contribution in [0.2, 0.25) is 5.02 Å². The molecule has 2 saturated heterocycles. The molecule has 2 unspecified atom stereocenters. The van der Waals surface area contributed by atoms with Gasteiger partial charge in [-0.3, -0.25) is 4.90 Å². The highest BCUT2D eigenvalue weighted by Crippen LogP contribution is 2.39. The predicted octanol–water partition coefficient (Wildman–Crippen LogP) is 6.09. The average Bonchev–Trinajstić information content (AvgIpc) is 3.38. The number of piperazine rings is 1. The molecule has 0 bridgehead atoms. The Kier molecular flexibility index (Phi) is 9.51. The third kappa shape index (κ3) is 7.26. The Balaban J connectivity index is 1.34. The minimum Gasteiger partial charge on any atom is -0.465 e. The van der Waals surface area contributed by atoms with Gasteiger partial charge in [-0.05, 0) is 44.7 Å². The monoisotopic (exact) mass is 715 g/mol. The summed E-state index contributed by atoms with van der Waals surface area (Å²) in [5.41, 5.74) is 1.16. The number of rotatable bonds is 6. The lowest BCUT2D eigenvalue weighted by molar-refractivity contribution is -0.00277. The van der Waals surface area contributed by atoms with E-state index in [1.807, 2.05) is 28.0 Å². The summed E-state index contributed by atoms with van der Waals surface area (Å²) in [7, 11) is 0. The van der Waals surface area contributed by atoms with Crippen molar-refractivity contribution < 1.29 is 37.3 Å². The first-order valence-corrected chi connectivity index (χ1v) is 16.6. The minimum absolute atomic E-state index is 0.000890. The quantitative estimate of drug-likeness (QED) is 0.319. The molecule has 50 heavy (non-hydrogen) atoms. The molecule has 266 valence electrons. The Labute approximate surface area is 291 Å². The molecule has 3 aliphatic heterocycles. The highest BCUT2D eigenvalue weighted by atomic mass is 35.5. The molecule has 0 saturated carbocycles. The number of halogens is 4. The van der Waals surface area contributed by atoms with Crippen LogP contribution in [-0.4, -0.2) is 100.0 Å². The molecule has 12 nitrogen and oxygen atoms in total. The maximum absolute atomic E-state index is 14.6. The van der Waals surface area contributed by atoms with E-state index in [1.54, 1.807) is 26.8 Å². The van der Waals surface area contributed by atoms with Gasteiger partial charge in [-0.15, -0.1) is 0 Å². The van der Waals surface area contributed by atoms with E-state index < -0.39 is 54.6 Å². The van der Waals surface area contributed by atoms with Gasteiger partial charge in [-0.2, -0.15) is 15.2 Å². The van der Waals surface area contributed by atoms with E-state index in [0.717, 1.165) is 15.8 Å². The van der Waals surface area contributed by atoms with Gasteiger partial charge in [0.2, 0.25) is 0 Å². The van der Waals surface area contributed by atoms with Crippen LogP contribution in [0, 0.1) is 17.1 Å². The molecule has 6 rings (SSSR count). The topological polar surface area (TPSA) is 135 Å². The zero-order chi connectivity index (χ0) is 36.0. The summed E-state index contributed by atoms with van der Waals surface area (Å²) in [5.74, 6) is -3.21. The van der Waals surface area contributed by atoms with Crippen molar-refractivity contribution in [2.45, 2.75) is 70.2 Å². The van der Waals surface area contributed by atoms with E-state index in [-0.39, 0.29) is 50.2 Å². The Morgan fingerprint density at radius 2 is 1.88 bits per heavy atom. The van der Waals surface area contributed by atoms with Gasteiger partial charge in [0.25, 0.3) is 5.92 Å². The van der Waals surface area contributed by atoms with Crippen LogP contribution in [0.25, 0.3) is 10.8 Å². The van der Waals surface area contributed by atoms with Crippen LogP contribution in [0.15, 0.2) is 30.3 Å². The van der Waals surface area contributed by atoms with E-state index in [4.69, 9.17) is 31.0 Å². The van der Waals surface area contributed by atoms with Crippen LogP contribution in [0.5, 0.6) is 6.01 Å². The van der Waals surface area contributed by atoms with Crippen LogP contribution >= 0.6 is 11.6 Å². The normalized spacial score (nSPS) is 20.4. The molecule has 2 aromatic carbocycles. The number of anilines is 2. The lowest BCUT2D eigenvalue weighted by Crippen LogP contribution is -2.55. The average molecular weight is 716 g/mol. The van der Waals surface area contributed by atoms with Crippen molar-refractivity contribution in [1.29, 1.82) is 5.26 Å². The molecular weight excluding hydrogens is 679 g/mol. The van der Waals surface area contributed by atoms with Gasteiger partial charge in [-0.25, -0.2) is 22.8 Å². The zero-order valence-electron chi connectivity index (χ0n) is 27.8. The summed E-state index contributed by atoms with van der Waals surface area (Å²) < 4.78 is 55.2. The standard InChI is InChI=1S/C34H37ClF3N7O5/c1-33(2,3)50-32(48)45-19-34(37,38)15-22(45)18-49-30-40-25-17-42(26-6-4-5-20-7-8-24(36)28(35)27(20)26)12-10-23(25)29(41-30)43-13-14-44(31(46)47)21(16-43)9-11-39/h4-8,21-22H,9-10,12-19H2,1-3H3,(H,46,47). The number of alkyl halides is 2. The number of benzene rings is 2. The number of nitriles is 1. The lowest BCUT2D eigenvalue weighted by atomic mass is 10.0. The summed E-state index contributed by atoms with van der Waals surface area (Å²) >= 11 is 6.46. The third-order valence-corrected chi connectivity index (χ3v) is 9.41. The van der Waals surface area contributed by atoms with Gasteiger partial charge in [0, 0.05) is 49.2 Å². The van der Waals surface area contributed by atoms with E-state index in [9.17, 15) is 33.1 Å². The number of hydrogen-bond donors (Lipinski definition) is 1. The number of nitrogens with zero attached hydrogens (tertiary/aromatic N) is 7. The fraction of sp³-hybridized carbons (Fsp3) is 0.500. The smallest absolute Gasteiger partial charge is 0.410 e. The Bertz CT molecular complexity index is 1850. The van der Waals surface area contributed by atoms with Gasteiger partial charge in [0.15, 0.2) is 0 Å². The predicted molar refractivity (Wildman–Crippen MR) is 178 cm³/mol. The van der Waals surface area contributed by atoms with Crippen molar-refractivity contribution in [2.24, 2.45) is 0 Å². The van der Waals surface area contributed by atoms with Crippen molar-refractivity contribution in [3.05, 3.63) is 52.4 Å². The number of carboxylic acid groups (broad SMARTS) is 1. The molecule has 1 N–H and O–H groups in total. The Morgan fingerprint density at radius 1 is 1.10 bits per heavy atom. The lowest BCUT2D eigenvalue weighted by Gasteiger charge is -2.41. The first-order chi connectivity index (χ1) is 23.6. The van der Waals surface area contributed by atoms with Crippen molar-refractivity contribution in [3.8, 4) is 12.1 Å². The van der Waals surface area contributed by atoms with Crippen LogP contribution in [-0.2, 0) is 17.7 Å². The molecule has 16 heteroatoms. The van der Waals surface area contributed by atoms with Gasteiger partial charge in [0.1, 0.15) is 23.8 Å². The fourth-order valence-corrected chi connectivity index (χ4v) is 7.07. The molecule has 2 amide bonds. The number of fused-ring (bicyclic) bond motifs is 2. The van der Waals surface area contributed by atoms with Crippen molar-refractivity contribution >= 4 is 46.1 Å². The van der Waals surface area contributed by atoms with Gasteiger partial charge in [0.05, 0.1) is 48.4 Å². The molecule has 3 aliphatic rings. The van der Waals surface area contributed by atoms with Crippen molar-refractivity contribution in [3.63, 3.8) is 0 Å². The van der Waals surface area contributed by atoms with Crippen molar-refractivity contribution in [2.75, 3.05) is 49.1 Å². The van der Waals surface area contributed by atoms with Crippen LogP contribution in [0.1, 0.15) is 44.9 Å². The Hall–Kier alpha value is -4.71. The number of aromatic nitrogens is 2. The summed E-state index contributed by atoms with van der Waals surface area (Å²) in [5, 5.41) is 20.5. The molecule has 2 atom stereocenters. The summed E-state index contributed by atoms with van der Waals surface area (Å²) in [4.78, 5) is 40.3. The van der Waals surface area contributed by atoms with Gasteiger partial charge < -0.3 is 29.3 Å². The molecule has 4 heterocycles. The second kappa shape index (κ2) is 13.5. The van der Waals surface area contributed by atoms with Crippen LogP contribution in [0.3, 0.4) is 0 Å². The summed E-state index contributed by atoms with van der Waals surface area (Å²) in [6.07, 6.45) is -2.21. The first-order valence-electron chi connectivity index (χ1n) is 16.3. The fourth-order valence-electron chi connectivity index (χ4n) is 6.81. The zero-order valence-corrected chi connectivity index (χ0v) is 28.6. The number of likely N-dealkylation sites (tertiary alicyclic amines) is 1. The van der Waals surface area contributed by atoms with E-state index >= 15 is 0 Å². The summed E-state index contributed by atoms with van der Waals surface area (Å²) in [6, 6.07) is 8.84. The molecular formula is C34H37ClF3N7O5. The maximum Gasteiger partial charge on any atom is 0.410 e. The molecule has 2 fully saturated rings. The molecule has 0 aliphatic carbocycles. The number of ether oxygens (including phenoxy) is 2. The number of carbonyl (C=O) groups is 2. The highest BCUT2D eigenvalue weighted by Gasteiger charge is 2.48. The van der Waals surface area contributed by atoms with Gasteiger partial charge >= 0.3 is 18.2 Å². The number of amides is 2. The maximum atomic E-state index is 14.6. The molecule has 1 aromatic heterocycles. The Morgan fingerprint density at radius 3 is 2.60 bits per heavy atom. The van der Waals surface area contributed by atoms with E-state index in [0.29, 0.717) is 35.6 Å². The number of hydrogen-bond acceptors (Lipinski definition) is 9. The largest absolute Gasteiger partial charge is 0.465 e. The second-order valence-electron chi connectivity index (χ2n) is 13.7. The second-order valence-corrected chi connectivity index (χ2v) is 14.1. The summed E-state index contributed by atoms with van der Waals surface area (Å²) in [6.45, 7) is 5.13. The highest BCUT2D eigenvalue weighted by molar-refractivity contribution is 6.36. The van der Waals surface area contributed by atoms with E-state index in [1.165, 1.54) is 11.0 Å². The first kappa shape index (κ1) is 35.1. The number of carbonyl (C=O) groups excluding carboxylic acids is 1. The van der Waals surface area contributed by atoms with E-state index in [2.05, 4.69) is 6.07 Å². The molecule has 0 spiro atoms.